The highest BCUT2D eigenvalue weighted by molar-refractivity contribution is 7.88. The Morgan fingerprint density at radius 1 is 1.18 bits per heavy atom. The van der Waals surface area contributed by atoms with Gasteiger partial charge in [-0.15, -0.1) is 0 Å². The summed E-state index contributed by atoms with van der Waals surface area (Å²) in [4.78, 5) is 34.9. The van der Waals surface area contributed by atoms with Crippen molar-refractivity contribution < 1.29 is 18.0 Å². The van der Waals surface area contributed by atoms with Crippen LogP contribution in [0.1, 0.15) is 34.6 Å². The minimum absolute atomic E-state index is 0.132. The van der Waals surface area contributed by atoms with Gasteiger partial charge in [-0.05, 0) is 49.8 Å². The lowest BCUT2D eigenvalue weighted by Crippen LogP contribution is -2.56. The van der Waals surface area contributed by atoms with Crippen LogP contribution in [0, 0.1) is 6.92 Å². The molecule has 9 nitrogen and oxygen atoms in total. The first kappa shape index (κ1) is 24.8. The van der Waals surface area contributed by atoms with Crippen LogP contribution >= 0.6 is 11.6 Å². The fraction of sp³-hybridized carbons (Fsp3) is 0.364. The molecule has 0 spiro atoms. The first-order valence-corrected chi connectivity index (χ1v) is 12.5. The average Bonchev–Trinajstić information content (AvgIpc) is 2.75. The van der Waals surface area contributed by atoms with E-state index in [-0.39, 0.29) is 30.1 Å². The SMILES string of the molecule is C=CC(=O)N1C[C@@H](C)N(S(C)(=O)=O)[C@@H](c2cc(Cl)nc(-c3cc(C(=O)NC)cc(C)n3)c2)C1. The number of carbonyl (C=O) groups excluding carboxylic acids is 2. The number of hydrogen-bond donors (Lipinski definition) is 1. The number of amides is 2. The van der Waals surface area contributed by atoms with Gasteiger partial charge >= 0.3 is 0 Å². The maximum absolute atomic E-state index is 12.7. The molecule has 1 fully saturated rings. The van der Waals surface area contributed by atoms with E-state index in [1.165, 1.54) is 17.4 Å². The molecule has 176 valence electrons. The summed E-state index contributed by atoms with van der Waals surface area (Å²) in [6.45, 7) is 7.42. The zero-order valence-corrected chi connectivity index (χ0v) is 20.4. The van der Waals surface area contributed by atoms with Crippen LogP contribution in [0.25, 0.3) is 11.4 Å². The van der Waals surface area contributed by atoms with Crippen LogP contribution in [0.2, 0.25) is 5.15 Å². The zero-order valence-electron chi connectivity index (χ0n) is 18.9. The molecule has 3 heterocycles. The van der Waals surface area contributed by atoms with Gasteiger partial charge < -0.3 is 10.2 Å². The van der Waals surface area contributed by atoms with E-state index in [4.69, 9.17) is 11.6 Å². The van der Waals surface area contributed by atoms with E-state index in [1.54, 1.807) is 43.0 Å². The molecule has 2 amide bonds. The van der Waals surface area contributed by atoms with Crippen LogP contribution < -0.4 is 5.32 Å². The molecule has 3 rings (SSSR count). The van der Waals surface area contributed by atoms with Crippen molar-refractivity contribution in [2.45, 2.75) is 25.9 Å². The third-order valence-electron chi connectivity index (χ3n) is 5.40. The van der Waals surface area contributed by atoms with Crippen molar-refractivity contribution in [3.8, 4) is 11.4 Å². The number of sulfonamides is 1. The molecule has 33 heavy (non-hydrogen) atoms. The van der Waals surface area contributed by atoms with Gasteiger partial charge in [0.1, 0.15) is 5.15 Å². The fourth-order valence-corrected chi connectivity index (χ4v) is 5.69. The van der Waals surface area contributed by atoms with Gasteiger partial charge in [0.05, 0.1) is 23.7 Å². The number of pyridine rings is 2. The fourth-order valence-electron chi connectivity index (χ4n) is 4.11. The number of aromatic nitrogens is 2. The molecule has 1 aliphatic rings. The molecule has 11 heteroatoms. The Bertz CT molecular complexity index is 1220. The summed E-state index contributed by atoms with van der Waals surface area (Å²) < 4.78 is 26.7. The molecule has 1 aliphatic heterocycles. The molecule has 0 unspecified atom stereocenters. The Kier molecular flexibility index (Phi) is 7.20. The molecule has 0 bridgehead atoms. The molecular formula is C22H26ClN5O4S. The number of hydrogen-bond acceptors (Lipinski definition) is 6. The van der Waals surface area contributed by atoms with Crippen molar-refractivity contribution in [3.05, 3.63) is 58.9 Å². The summed E-state index contributed by atoms with van der Waals surface area (Å²) in [5.41, 5.74) is 2.40. The van der Waals surface area contributed by atoms with Gasteiger partial charge in [-0.3, -0.25) is 14.6 Å². The minimum Gasteiger partial charge on any atom is -0.355 e. The summed E-state index contributed by atoms with van der Waals surface area (Å²) in [5.74, 6) is -0.553. The van der Waals surface area contributed by atoms with Gasteiger partial charge in [0.15, 0.2) is 0 Å². The monoisotopic (exact) mass is 491 g/mol. The third kappa shape index (κ3) is 5.40. The Morgan fingerprint density at radius 2 is 1.85 bits per heavy atom. The largest absolute Gasteiger partial charge is 0.355 e. The van der Waals surface area contributed by atoms with E-state index >= 15 is 0 Å². The standard InChI is InChI=1S/C22H26ClN5O4S/c1-6-21(29)27-11-14(3)28(33(5,31)32)19(12-27)15-8-18(26-20(23)10-15)17-9-16(22(30)24-4)7-13(2)25-17/h6-10,14,19H,1,11-12H2,2-5H3,(H,24,30)/t14-,19-/m1/s1. The molecule has 2 aromatic heterocycles. The van der Waals surface area contributed by atoms with Gasteiger partial charge in [-0.1, -0.05) is 18.2 Å². The molecule has 2 atom stereocenters. The lowest BCUT2D eigenvalue weighted by atomic mass is 10.0. The maximum Gasteiger partial charge on any atom is 0.251 e. The Morgan fingerprint density at radius 3 is 2.45 bits per heavy atom. The van der Waals surface area contributed by atoms with Gasteiger partial charge in [0, 0.05) is 37.4 Å². The molecule has 1 N–H and O–H groups in total. The quantitative estimate of drug-likeness (QED) is 0.506. The predicted molar refractivity (Wildman–Crippen MR) is 126 cm³/mol. The predicted octanol–water partition coefficient (Wildman–Crippen LogP) is 2.18. The molecular weight excluding hydrogens is 466 g/mol. The lowest BCUT2D eigenvalue weighted by Gasteiger charge is -2.44. The van der Waals surface area contributed by atoms with Crippen molar-refractivity contribution in [1.82, 2.24) is 24.5 Å². The van der Waals surface area contributed by atoms with E-state index in [9.17, 15) is 18.0 Å². The van der Waals surface area contributed by atoms with Gasteiger partial charge in [0.2, 0.25) is 15.9 Å². The molecule has 1 saturated heterocycles. The first-order chi connectivity index (χ1) is 15.4. The van der Waals surface area contributed by atoms with Crippen LogP contribution in [0.15, 0.2) is 36.9 Å². The summed E-state index contributed by atoms with van der Waals surface area (Å²) in [6, 6.07) is 5.38. The maximum atomic E-state index is 12.7. The van der Waals surface area contributed by atoms with E-state index in [1.807, 2.05) is 0 Å². The number of carbonyl (C=O) groups is 2. The second kappa shape index (κ2) is 9.58. The zero-order chi connectivity index (χ0) is 24.5. The van der Waals surface area contributed by atoms with E-state index < -0.39 is 22.1 Å². The van der Waals surface area contributed by atoms with Crippen LogP contribution in [0.3, 0.4) is 0 Å². The van der Waals surface area contributed by atoms with Gasteiger partial charge in [-0.2, -0.15) is 4.31 Å². The van der Waals surface area contributed by atoms with Crippen molar-refractivity contribution in [3.63, 3.8) is 0 Å². The highest BCUT2D eigenvalue weighted by Crippen LogP contribution is 2.34. The first-order valence-electron chi connectivity index (χ1n) is 10.2. The number of rotatable bonds is 5. The number of nitrogens with one attached hydrogen (secondary N) is 1. The van der Waals surface area contributed by atoms with Crippen LogP contribution in [-0.4, -0.2) is 71.8 Å². The molecule has 0 aromatic carbocycles. The average molecular weight is 492 g/mol. The van der Waals surface area contributed by atoms with Crippen LogP contribution in [0.4, 0.5) is 0 Å². The molecule has 2 aromatic rings. The van der Waals surface area contributed by atoms with E-state index in [0.29, 0.717) is 28.2 Å². The number of halogens is 1. The Balaban J connectivity index is 2.14. The summed E-state index contributed by atoms with van der Waals surface area (Å²) >= 11 is 6.33. The van der Waals surface area contributed by atoms with Crippen molar-refractivity contribution >= 4 is 33.4 Å². The second-order valence-corrected chi connectivity index (χ2v) is 10.3. The second-order valence-electron chi connectivity index (χ2n) is 7.98. The van der Waals surface area contributed by atoms with Crippen molar-refractivity contribution in [2.75, 3.05) is 26.4 Å². The van der Waals surface area contributed by atoms with Gasteiger partial charge in [0.25, 0.3) is 5.91 Å². The highest BCUT2D eigenvalue weighted by atomic mass is 35.5. The molecule has 0 aliphatic carbocycles. The summed E-state index contributed by atoms with van der Waals surface area (Å²) in [5, 5.41) is 2.72. The summed E-state index contributed by atoms with van der Waals surface area (Å²) in [6.07, 6.45) is 2.35. The number of aryl methyl sites for hydroxylation is 1. The molecule has 0 radical (unpaired) electrons. The number of piperazine rings is 1. The Hall–Kier alpha value is -2.82. The molecule has 0 saturated carbocycles. The van der Waals surface area contributed by atoms with Crippen LogP contribution in [0.5, 0.6) is 0 Å². The third-order valence-corrected chi connectivity index (χ3v) is 6.97. The summed E-state index contributed by atoms with van der Waals surface area (Å²) in [7, 11) is -2.07. The van der Waals surface area contributed by atoms with Crippen LogP contribution in [-0.2, 0) is 14.8 Å². The van der Waals surface area contributed by atoms with Gasteiger partial charge in [-0.25, -0.2) is 13.4 Å². The topological polar surface area (TPSA) is 113 Å². The smallest absolute Gasteiger partial charge is 0.251 e. The van der Waals surface area contributed by atoms with Crippen molar-refractivity contribution in [2.24, 2.45) is 0 Å². The number of nitrogens with zero attached hydrogens (tertiary/aromatic N) is 4. The van der Waals surface area contributed by atoms with E-state index in [0.717, 1.165) is 6.26 Å². The minimum atomic E-state index is -3.61. The lowest BCUT2D eigenvalue weighted by molar-refractivity contribution is -0.129. The van der Waals surface area contributed by atoms with E-state index in [2.05, 4.69) is 21.9 Å². The Labute approximate surface area is 198 Å². The highest BCUT2D eigenvalue weighted by Gasteiger charge is 2.40. The normalized spacial score (nSPS) is 19.2. The van der Waals surface area contributed by atoms with Crippen molar-refractivity contribution in [1.29, 1.82) is 0 Å².